The highest BCUT2D eigenvalue weighted by Crippen LogP contribution is 2.33. The third-order valence-electron chi connectivity index (χ3n) is 2.68. The first-order valence-electron chi connectivity index (χ1n) is 5.69. The highest BCUT2D eigenvalue weighted by molar-refractivity contribution is 7.92. The molecule has 3 nitrogen and oxygen atoms in total. The van der Waals surface area contributed by atoms with Crippen molar-refractivity contribution in [2.24, 2.45) is 0 Å². The van der Waals surface area contributed by atoms with E-state index in [1.807, 2.05) is 0 Å². The van der Waals surface area contributed by atoms with Crippen molar-refractivity contribution >= 4 is 21.4 Å². The van der Waals surface area contributed by atoms with Gasteiger partial charge < -0.3 is 5.32 Å². The first-order valence-corrected chi connectivity index (χ1v) is 7.61. The van der Waals surface area contributed by atoms with Gasteiger partial charge in [-0.1, -0.05) is 17.7 Å². The number of hydrogen-bond donors (Lipinski definition) is 1. The van der Waals surface area contributed by atoms with Crippen molar-refractivity contribution < 1.29 is 17.2 Å². The van der Waals surface area contributed by atoms with Crippen LogP contribution in [0.5, 0.6) is 0 Å². The SMILES string of the molecule is CNCC(F)(F)c1ccc(S(=O)(=O)C(C)C)c(Cl)c1. The Labute approximate surface area is 116 Å². The van der Waals surface area contributed by atoms with E-state index in [1.54, 1.807) is 0 Å². The fourth-order valence-corrected chi connectivity index (χ4v) is 3.14. The van der Waals surface area contributed by atoms with E-state index in [1.165, 1.54) is 20.9 Å². The molecule has 0 aliphatic rings. The molecule has 0 aromatic heterocycles. The van der Waals surface area contributed by atoms with E-state index in [0.29, 0.717) is 0 Å². The van der Waals surface area contributed by atoms with Crippen molar-refractivity contribution in [3.63, 3.8) is 0 Å². The van der Waals surface area contributed by atoms with Crippen LogP contribution in [0.15, 0.2) is 23.1 Å². The van der Waals surface area contributed by atoms with E-state index in [9.17, 15) is 17.2 Å². The first-order chi connectivity index (χ1) is 8.63. The van der Waals surface area contributed by atoms with Crippen LogP contribution in [0.2, 0.25) is 5.02 Å². The van der Waals surface area contributed by atoms with Crippen molar-refractivity contribution in [2.75, 3.05) is 13.6 Å². The molecule has 108 valence electrons. The normalized spacial score (nSPS) is 13.0. The van der Waals surface area contributed by atoms with Gasteiger partial charge in [0.15, 0.2) is 9.84 Å². The van der Waals surface area contributed by atoms with Gasteiger partial charge in [-0.3, -0.25) is 0 Å². The molecule has 0 atom stereocenters. The van der Waals surface area contributed by atoms with Gasteiger partial charge in [0.2, 0.25) is 0 Å². The van der Waals surface area contributed by atoms with Crippen LogP contribution in [-0.2, 0) is 15.8 Å². The minimum absolute atomic E-state index is 0.117. The Morgan fingerprint density at radius 2 is 1.95 bits per heavy atom. The molecular formula is C12H16ClF2NO2S. The molecule has 19 heavy (non-hydrogen) atoms. The van der Waals surface area contributed by atoms with Crippen LogP contribution in [-0.4, -0.2) is 27.3 Å². The van der Waals surface area contributed by atoms with E-state index >= 15 is 0 Å². The number of nitrogens with one attached hydrogen (secondary N) is 1. The number of benzene rings is 1. The third kappa shape index (κ3) is 3.43. The summed E-state index contributed by atoms with van der Waals surface area (Å²) < 4.78 is 51.2. The highest BCUT2D eigenvalue weighted by Gasteiger charge is 2.32. The molecule has 0 bridgehead atoms. The summed E-state index contributed by atoms with van der Waals surface area (Å²) in [4.78, 5) is -0.117. The Hall–Kier alpha value is -0.720. The zero-order valence-corrected chi connectivity index (χ0v) is 12.4. The van der Waals surface area contributed by atoms with Gasteiger partial charge in [0.05, 0.1) is 21.7 Å². The first kappa shape index (κ1) is 16.3. The quantitative estimate of drug-likeness (QED) is 0.909. The maximum atomic E-state index is 13.7. The lowest BCUT2D eigenvalue weighted by molar-refractivity contribution is -0.00130. The monoisotopic (exact) mass is 311 g/mol. The second-order valence-electron chi connectivity index (χ2n) is 4.47. The molecule has 7 heteroatoms. The van der Waals surface area contributed by atoms with Crippen molar-refractivity contribution in [1.29, 1.82) is 0 Å². The summed E-state index contributed by atoms with van der Waals surface area (Å²) >= 11 is 5.83. The predicted molar refractivity (Wildman–Crippen MR) is 71.6 cm³/mol. The molecule has 0 fully saturated rings. The molecule has 0 saturated heterocycles. The zero-order valence-electron chi connectivity index (χ0n) is 10.9. The van der Waals surface area contributed by atoms with E-state index < -0.39 is 27.6 Å². The Bertz CT molecular complexity index is 559. The van der Waals surface area contributed by atoms with Crippen LogP contribution in [0.4, 0.5) is 8.78 Å². The van der Waals surface area contributed by atoms with Gasteiger partial charge in [0.1, 0.15) is 0 Å². The summed E-state index contributed by atoms with van der Waals surface area (Å²) in [5.41, 5.74) is -0.311. The van der Waals surface area contributed by atoms with Gasteiger partial charge in [-0.15, -0.1) is 0 Å². The third-order valence-corrected chi connectivity index (χ3v) is 5.32. The van der Waals surface area contributed by atoms with Crippen molar-refractivity contribution in [3.8, 4) is 0 Å². The lowest BCUT2D eigenvalue weighted by atomic mass is 10.1. The number of rotatable bonds is 5. The van der Waals surface area contributed by atoms with E-state index in [4.69, 9.17) is 11.6 Å². The fraction of sp³-hybridized carbons (Fsp3) is 0.500. The molecule has 1 aromatic carbocycles. The Morgan fingerprint density at radius 3 is 2.37 bits per heavy atom. The van der Waals surface area contributed by atoms with Crippen LogP contribution in [0.25, 0.3) is 0 Å². The number of likely N-dealkylation sites (N-methyl/N-ethyl adjacent to an activating group) is 1. The van der Waals surface area contributed by atoms with Crippen LogP contribution in [0, 0.1) is 0 Å². The van der Waals surface area contributed by atoms with E-state index in [0.717, 1.165) is 18.2 Å². The van der Waals surface area contributed by atoms with Crippen LogP contribution in [0.1, 0.15) is 19.4 Å². The summed E-state index contributed by atoms with van der Waals surface area (Å²) in [7, 11) is -2.16. The molecule has 0 heterocycles. The highest BCUT2D eigenvalue weighted by atomic mass is 35.5. The lowest BCUT2D eigenvalue weighted by Crippen LogP contribution is -2.28. The maximum absolute atomic E-state index is 13.7. The van der Waals surface area contributed by atoms with Crippen LogP contribution < -0.4 is 5.32 Å². The maximum Gasteiger partial charge on any atom is 0.285 e. The Kier molecular flexibility index (Phi) is 4.92. The van der Waals surface area contributed by atoms with E-state index in [-0.39, 0.29) is 15.5 Å². The average molecular weight is 312 g/mol. The van der Waals surface area contributed by atoms with Crippen molar-refractivity contribution in [3.05, 3.63) is 28.8 Å². The Morgan fingerprint density at radius 1 is 1.37 bits per heavy atom. The molecular weight excluding hydrogens is 296 g/mol. The van der Waals surface area contributed by atoms with Gasteiger partial charge in [-0.25, -0.2) is 8.42 Å². The predicted octanol–water partition coefficient (Wildman–Crippen LogP) is 2.83. The Balaban J connectivity index is 3.26. The molecule has 1 aromatic rings. The average Bonchev–Trinajstić information content (AvgIpc) is 2.28. The van der Waals surface area contributed by atoms with Crippen molar-refractivity contribution in [2.45, 2.75) is 29.9 Å². The van der Waals surface area contributed by atoms with Gasteiger partial charge >= 0.3 is 0 Å². The summed E-state index contributed by atoms with van der Waals surface area (Å²) in [5, 5.41) is 1.54. The zero-order chi connectivity index (χ0) is 14.8. The summed E-state index contributed by atoms with van der Waals surface area (Å²) in [6, 6.07) is 3.24. The van der Waals surface area contributed by atoms with Crippen LogP contribution in [0.3, 0.4) is 0 Å². The number of alkyl halides is 2. The van der Waals surface area contributed by atoms with Gasteiger partial charge in [-0.2, -0.15) is 8.78 Å². The minimum Gasteiger partial charge on any atom is -0.314 e. The molecule has 0 unspecified atom stereocenters. The topological polar surface area (TPSA) is 46.2 Å². The molecule has 0 aliphatic carbocycles. The van der Waals surface area contributed by atoms with Gasteiger partial charge in [0, 0.05) is 5.56 Å². The molecule has 0 amide bonds. The molecule has 0 spiro atoms. The largest absolute Gasteiger partial charge is 0.314 e. The summed E-state index contributed by atoms with van der Waals surface area (Å²) in [5.74, 6) is -3.10. The molecule has 0 aliphatic heterocycles. The number of halogens is 3. The fourth-order valence-electron chi connectivity index (χ4n) is 1.54. The molecule has 0 radical (unpaired) electrons. The second kappa shape index (κ2) is 5.73. The summed E-state index contributed by atoms with van der Waals surface area (Å²) in [6.07, 6.45) is 0. The molecule has 1 N–H and O–H groups in total. The number of hydrogen-bond acceptors (Lipinski definition) is 3. The minimum atomic E-state index is -3.57. The second-order valence-corrected chi connectivity index (χ2v) is 7.35. The van der Waals surface area contributed by atoms with Crippen LogP contribution >= 0.6 is 11.6 Å². The summed E-state index contributed by atoms with van der Waals surface area (Å²) in [6.45, 7) is 2.48. The number of sulfone groups is 1. The lowest BCUT2D eigenvalue weighted by Gasteiger charge is -2.18. The molecule has 0 saturated carbocycles. The van der Waals surface area contributed by atoms with Gasteiger partial charge in [-0.05, 0) is 33.0 Å². The standard InChI is InChI=1S/C12H16ClF2NO2S/c1-8(2)19(17,18)11-5-4-9(6-10(11)13)12(14,15)7-16-3/h4-6,8,16H,7H2,1-3H3. The van der Waals surface area contributed by atoms with Gasteiger partial charge in [0.25, 0.3) is 5.92 Å². The van der Waals surface area contributed by atoms with Crippen molar-refractivity contribution in [1.82, 2.24) is 5.32 Å². The van der Waals surface area contributed by atoms with E-state index in [2.05, 4.69) is 5.32 Å². The molecule has 1 rings (SSSR count). The smallest absolute Gasteiger partial charge is 0.285 e.